The van der Waals surface area contributed by atoms with Crippen LogP contribution in [0.4, 0.5) is 5.69 Å². The van der Waals surface area contributed by atoms with Gasteiger partial charge in [-0.15, -0.1) is 0 Å². The van der Waals surface area contributed by atoms with Gasteiger partial charge in [0.25, 0.3) is 0 Å². The van der Waals surface area contributed by atoms with Crippen molar-refractivity contribution in [3.8, 4) is 11.1 Å². The molecule has 0 unspecified atom stereocenters. The Morgan fingerprint density at radius 3 is 2.29 bits per heavy atom. The fourth-order valence-corrected chi connectivity index (χ4v) is 2.37. The van der Waals surface area contributed by atoms with E-state index in [-0.39, 0.29) is 0 Å². The minimum atomic E-state index is 1.16. The molecular formula is C15H15NW. The summed E-state index contributed by atoms with van der Waals surface area (Å²) in [6, 6.07) is 15.2. The van der Waals surface area contributed by atoms with E-state index in [4.69, 9.17) is 0 Å². The second-order valence-electron chi connectivity index (χ2n) is 4.16. The summed E-state index contributed by atoms with van der Waals surface area (Å²) in [5.41, 5.74) is 6.35. The molecule has 0 bridgehead atoms. The molecule has 0 amide bonds. The fourth-order valence-electron chi connectivity index (χ4n) is 1.88. The van der Waals surface area contributed by atoms with E-state index in [0.29, 0.717) is 0 Å². The number of rotatable bonds is 3. The van der Waals surface area contributed by atoms with Gasteiger partial charge in [0.1, 0.15) is 0 Å². The third-order valence-electron chi connectivity index (χ3n) is 2.81. The Hall–Kier alpha value is -1.20. The molecule has 86 valence electrons. The first kappa shape index (κ1) is 12.3. The summed E-state index contributed by atoms with van der Waals surface area (Å²) in [5, 5.41) is 3.25. The predicted octanol–water partition coefficient (Wildman–Crippen LogP) is 3.69. The average molecular weight is 393 g/mol. The zero-order chi connectivity index (χ0) is 12.3. The van der Waals surface area contributed by atoms with Gasteiger partial charge in [0.05, 0.1) is 0 Å². The summed E-state index contributed by atoms with van der Waals surface area (Å²) >= 11 is 1.43. The van der Waals surface area contributed by atoms with Crippen molar-refractivity contribution in [2.24, 2.45) is 0 Å². The van der Waals surface area contributed by atoms with Gasteiger partial charge in [0, 0.05) is 0 Å². The molecule has 0 aliphatic carbocycles. The van der Waals surface area contributed by atoms with Crippen LogP contribution in [-0.4, -0.2) is 4.52 Å². The first-order valence-electron chi connectivity index (χ1n) is 5.58. The summed E-state index contributed by atoms with van der Waals surface area (Å²) in [5.74, 6) is 0. The number of benzene rings is 2. The Kier molecular flexibility index (Phi) is 3.91. The van der Waals surface area contributed by atoms with Crippen molar-refractivity contribution in [1.29, 1.82) is 0 Å². The van der Waals surface area contributed by atoms with Gasteiger partial charge in [0.2, 0.25) is 0 Å². The van der Waals surface area contributed by atoms with E-state index in [1.165, 1.54) is 41.6 Å². The summed E-state index contributed by atoms with van der Waals surface area (Å²) < 4.78 is 2.03. The van der Waals surface area contributed by atoms with Crippen LogP contribution in [0.25, 0.3) is 11.1 Å². The van der Waals surface area contributed by atoms with Gasteiger partial charge >= 0.3 is 113 Å². The molecule has 0 radical (unpaired) electrons. The van der Waals surface area contributed by atoms with Gasteiger partial charge in [0.15, 0.2) is 0 Å². The Bertz CT molecular complexity index is 529. The predicted molar refractivity (Wildman–Crippen MR) is 71.0 cm³/mol. The number of aryl methyl sites for hydroxylation is 2. The Balaban J connectivity index is 2.39. The molecule has 0 aromatic heterocycles. The van der Waals surface area contributed by atoms with Crippen LogP contribution in [0.5, 0.6) is 0 Å². The van der Waals surface area contributed by atoms with Gasteiger partial charge < -0.3 is 0 Å². The van der Waals surface area contributed by atoms with Gasteiger partial charge in [-0.2, -0.15) is 0 Å². The van der Waals surface area contributed by atoms with Crippen molar-refractivity contribution >= 4 is 10.2 Å². The molecule has 2 aromatic rings. The average Bonchev–Trinajstić information content (AvgIpc) is 2.31. The number of anilines is 1. The van der Waals surface area contributed by atoms with Crippen molar-refractivity contribution in [1.82, 2.24) is 0 Å². The molecule has 17 heavy (non-hydrogen) atoms. The molecule has 0 saturated carbocycles. The van der Waals surface area contributed by atoms with Crippen LogP contribution in [0.3, 0.4) is 0 Å². The molecule has 2 rings (SSSR count). The fraction of sp³-hybridized carbons (Fsp3) is 0.133. The number of nitrogens with one attached hydrogen (secondary N) is 1. The van der Waals surface area contributed by atoms with E-state index >= 15 is 0 Å². The Morgan fingerprint density at radius 1 is 1.00 bits per heavy atom. The Morgan fingerprint density at radius 2 is 1.71 bits per heavy atom. The zero-order valence-corrected chi connectivity index (χ0v) is 13.0. The quantitative estimate of drug-likeness (QED) is 0.839. The van der Waals surface area contributed by atoms with E-state index < -0.39 is 0 Å². The monoisotopic (exact) mass is 393 g/mol. The van der Waals surface area contributed by atoms with Gasteiger partial charge in [-0.25, -0.2) is 0 Å². The third-order valence-corrected chi connectivity index (χ3v) is 3.24. The van der Waals surface area contributed by atoms with Gasteiger partial charge in [-0.05, 0) is 0 Å². The molecule has 0 spiro atoms. The molecule has 2 aromatic carbocycles. The molecule has 0 fully saturated rings. The molecule has 0 heterocycles. The van der Waals surface area contributed by atoms with Crippen LogP contribution in [0.15, 0.2) is 42.5 Å². The number of hydrogen-bond acceptors (Lipinski definition) is 1. The topological polar surface area (TPSA) is 12.0 Å². The Labute approximate surface area is 113 Å². The molecule has 1 N–H and O–H groups in total. The van der Waals surface area contributed by atoms with Crippen molar-refractivity contribution in [2.75, 3.05) is 5.32 Å². The molecule has 0 atom stereocenters. The molecule has 0 aliphatic rings. The number of hydrogen-bond donors (Lipinski definition) is 1. The zero-order valence-electron chi connectivity index (χ0n) is 10.0. The summed E-state index contributed by atoms with van der Waals surface area (Å²) in [7, 11) is 0. The SMILES string of the molecule is Cc1ccc(-c2ccc(N[CH]=[W])cc2C)cc1. The normalized spacial score (nSPS) is 10.0. The van der Waals surface area contributed by atoms with Gasteiger partial charge in [-0.3, -0.25) is 0 Å². The van der Waals surface area contributed by atoms with E-state index in [1.807, 2.05) is 4.52 Å². The second kappa shape index (κ2) is 5.42. The maximum atomic E-state index is 3.25. The minimum absolute atomic E-state index is 1.16. The molecule has 0 saturated heterocycles. The van der Waals surface area contributed by atoms with Crippen molar-refractivity contribution < 1.29 is 19.4 Å². The van der Waals surface area contributed by atoms with Crippen LogP contribution < -0.4 is 5.32 Å². The van der Waals surface area contributed by atoms with Gasteiger partial charge in [-0.1, -0.05) is 0 Å². The van der Waals surface area contributed by atoms with Crippen molar-refractivity contribution in [3.63, 3.8) is 0 Å². The van der Waals surface area contributed by atoms with Crippen molar-refractivity contribution in [2.45, 2.75) is 13.8 Å². The van der Waals surface area contributed by atoms with Crippen molar-refractivity contribution in [3.05, 3.63) is 53.6 Å². The summed E-state index contributed by atoms with van der Waals surface area (Å²) in [6.07, 6.45) is 0. The van der Waals surface area contributed by atoms with Crippen LogP contribution in [0.1, 0.15) is 11.1 Å². The van der Waals surface area contributed by atoms with Crippen LogP contribution in [0, 0.1) is 13.8 Å². The van der Waals surface area contributed by atoms with E-state index in [0.717, 1.165) is 5.69 Å². The standard InChI is InChI=1S/C15H15N.W/c1-11-4-6-13(7-5-11)15-9-8-14(16-3)10-12(15)2;/h3-10,16H,1-2H3;. The van der Waals surface area contributed by atoms with E-state index in [2.05, 4.69) is 61.6 Å². The van der Waals surface area contributed by atoms with E-state index in [9.17, 15) is 0 Å². The molecular weight excluding hydrogens is 378 g/mol. The first-order valence-corrected chi connectivity index (χ1v) is 7.28. The molecule has 1 nitrogen and oxygen atoms in total. The maximum absolute atomic E-state index is 3.25. The molecule has 0 aliphatic heterocycles. The second-order valence-corrected chi connectivity index (χ2v) is 5.00. The summed E-state index contributed by atoms with van der Waals surface area (Å²) in [6.45, 7) is 4.27. The molecule has 2 heteroatoms. The van der Waals surface area contributed by atoms with E-state index in [1.54, 1.807) is 0 Å². The van der Waals surface area contributed by atoms with Crippen LogP contribution in [-0.2, 0) is 19.4 Å². The van der Waals surface area contributed by atoms with Crippen LogP contribution in [0.2, 0.25) is 0 Å². The summed E-state index contributed by atoms with van der Waals surface area (Å²) in [4.78, 5) is 0. The van der Waals surface area contributed by atoms with Crippen LogP contribution >= 0.6 is 0 Å². The first-order chi connectivity index (χ1) is 8.20. The third kappa shape index (κ3) is 2.92.